The molecular formula is C33H40N6O4. The first-order valence-corrected chi connectivity index (χ1v) is 14.6. The highest BCUT2D eigenvalue weighted by atomic mass is 16.4. The lowest BCUT2D eigenvalue weighted by Crippen LogP contribution is -2.40. The van der Waals surface area contributed by atoms with Crippen molar-refractivity contribution >= 4 is 34.4 Å². The van der Waals surface area contributed by atoms with Gasteiger partial charge in [0.25, 0.3) is 0 Å². The lowest BCUT2D eigenvalue weighted by Gasteiger charge is -2.31. The Balaban J connectivity index is 1.59. The smallest absolute Gasteiger partial charge is 0.343 e. The average Bonchev–Trinajstić information content (AvgIpc) is 2.98. The molecule has 10 nitrogen and oxygen atoms in total. The highest BCUT2D eigenvalue weighted by molar-refractivity contribution is 5.99. The Kier molecular flexibility index (Phi) is 10.2. The Morgan fingerprint density at radius 3 is 2.30 bits per heavy atom. The summed E-state index contributed by atoms with van der Waals surface area (Å²) in [5.41, 5.74) is 3.17. The molecule has 4 rings (SSSR count). The normalized spacial score (nSPS) is 11.3. The monoisotopic (exact) mass is 584 g/mol. The van der Waals surface area contributed by atoms with E-state index in [1.54, 1.807) is 18.5 Å². The van der Waals surface area contributed by atoms with Crippen molar-refractivity contribution in [2.24, 2.45) is 0 Å². The second kappa shape index (κ2) is 14.0. The molecule has 0 fully saturated rings. The molecule has 10 heteroatoms. The predicted molar refractivity (Wildman–Crippen MR) is 172 cm³/mol. The Morgan fingerprint density at radius 2 is 1.70 bits per heavy atom. The van der Waals surface area contributed by atoms with Crippen molar-refractivity contribution in [2.75, 3.05) is 23.7 Å². The zero-order chi connectivity index (χ0) is 31.1. The molecule has 0 saturated heterocycles. The molecule has 0 aliphatic carbocycles. The lowest BCUT2D eigenvalue weighted by atomic mass is 10.0. The highest BCUT2D eigenvalue weighted by Crippen LogP contribution is 2.28. The number of aromatic carboxylic acids is 1. The number of carboxylic acid groups (broad SMARTS) is 1. The molecule has 0 bridgehead atoms. The molecule has 43 heavy (non-hydrogen) atoms. The number of carbonyl (C=O) groups excluding carboxylic acids is 1. The molecule has 0 saturated carbocycles. The number of amides is 2. The van der Waals surface area contributed by atoms with Gasteiger partial charge in [-0.3, -0.25) is 14.7 Å². The van der Waals surface area contributed by atoms with Crippen molar-refractivity contribution in [3.05, 3.63) is 88.3 Å². The maximum absolute atomic E-state index is 13.4. The Hall–Kier alpha value is -4.70. The summed E-state index contributed by atoms with van der Waals surface area (Å²) in [5, 5.41) is 19.3. The third kappa shape index (κ3) is 7.39. The van der Waals surface area contributed by atoms with E-state index in [1.807, 2.05) is 60.0 Å². The minimum atomic E-state index is -1.25. The molecule has 0 aliphatic heterocycles. The van der Waals surface area contributed by atoms with Gasteiger partial charge in [0.15, 0.2) is 0 Å². The summed E-state index contributed by atoms with van der Waals surface area (Å²) in [7, 11) is 0. The summed E-state index contributed by atoms with van der Waals surface area (Å²) in [5.74, 6) is -0.938. The second-order valence-corrected chi connectivity index (χ2v) is 10.9. The fourth-order valence-electron chi connectivity index (χ4n) is 5.36. The van der Waals surface area contributed by atoms with Gasteiger partial charge < -0.3 is 25.6 Å². The van der Waals surface area contributed by atoms with Crippen LogP contribution in [-0.4, -0.2) is 56.7 Å². The summed E-state index contributed by atoms with van der Waals surface area (Å²) in [6, 6.07) is 16.9. The van der Waals surface area contributed by atoms with Crippen LogP contribution in [0.15, 0.2) is 71.8 Å². The van der Waals surface area contributed by atoms with Crippen LogP contribution >= 0.6 is 0 Å². The minimum absolute atomic E-state index is 0.250. The molecule has 226 valence electrons. The number of nitrogens with zero attached hydrogens (tertiary/aromatic N) is 3. The summed E-state index contributed by atoms with van der Waals surface area (Å²) < 4.78 is 1.86. The van der Waals surface area contributed by atoms with Gasteiger partial charge in [0.1, 0.15) is 11.4 Å². The zero-order valence-electron chi connectivity index (χ0n) is 25.3. The van der Waals surface area contributed by atoms with Gasteiger partial charge in [-0.2, -0.15) is 0 Å². The number of pyridine rings is 2. The number of aryl methyl sites for hydroxylation is 1. The summed E-state index contributed by atoms with van der Waals surface area (Å²) in [6.45, 7) is 12.5. The van der Waals surface area contributed by atoms with Gasteiger partial charge in [-0.15, -0.1) is 0 Å². The van der Waals surface area contributed by atoms with E-state index in [2.05, 4.69) is 53.5 Å². The molecule has 2 aromatic heterocycles. The van der Waals surface area contributed by atoms with Gasteiger partial charge in [-0.25, -0.2) is 9.59 Å². The summed E-state index contributed by atoms with van der Waals surface area (Å²) >= 11 is 0. The van der Waals surface area contributed by atoms with Crippen LogP contribution in [0.2, 0.25) is 0 Å². The van der Waals surface area contributed by atoms with Gasteiger partial charge in [0.05, 0.1) is 5.52 Å². The number of fused-ring (bicyclic) bond motifs is 1. The van der Waals surface area contributed by atoms with E-state index in [-0.39, 0.29) is 11.6 Å². The maximum atomic E-state index is 13.4. The van der Waals surface area contributed by atoms with E-state index >= 15 is 0 Å². The van der Waals surface area contributed by atoms with Crippen LogP contribution < -0.4 is 21.4 Å². The van der Waals surface area contributed by atoms with Crippen LogP contribution in [-0.2, 0) is 13.1 Å². The van der Waals surface area contributed by atoms with Crippen LogP contribution in [0.5, 0.6) is 0 Å². The Bertz CT molecular complexity index is 1620. The maximum Gasteiger partial charge on any atom is 0.343 e. The molecular weight excluding hydrogens is 544 g/mol. The predicted octanol–water partition coefficient (Wildman–Crippen LogP) is 5.63. The first kappa shape index (κ1) is 31.2. The quantitative estimate of drug-likeness (QED) is 0.170. The Morgan fingerprint density at radius 1 is 1.00 bits per heavy atom. The molecule has 0 atom stereocenters. The van der Waals surface area contributed by atoms with E-state index in [1.165, 1.54) is 0 Å². The van der Waals surface area contributed by atoms with E-state index in [0.29, 0.717) is 60.7 Å². The summed E-state index contributed by atoms with van der Waals surface area (Å²) in [4.78, 5) is 44.4. The van der Waals surface area contributed by atoms with Crippen LogP contribution in [0.3, 0.4) is 0 Å². The second-order valence-electron chi connectivity index (χ2n) is 10.9. The van der Waals surface area contributed by atoms with Crippen LogP contribution in [0, 0.1) is 0 Å². The molecule has 2 heterocycles. The van der Waals surface area contributed by atoms with Crippen LogP contribution in [0.4, 0.5) is 16.3 Å². The lowest BCUT2D eigenvalue weighted by molar-refractivity contribution is 0.0696. The Labute approximate surface area is 251 Å². The SMILES string of the molecule is CCn1c(NCCN(C(C)C)C(C)C)c(C(=O)O)c(=O)c2ccc(-c3ccc(NC(=O)NCc4cccnc4)cc3)cc21. The topological polar surface area (TPSA) is 129 Å². The van der Waals surface area contributed by atoms with Crippen molar-refractivity contribution < 1.29 is 14.7 Å². The van der Waals surface area contributed by atoms with Crippen molar-refractivity contribution in [3.63, 3.8) is 0 Å². The molecule has 4 aromatic rings. The minimum Gasteiger partial charge on any atom is -0.477 e. The third-order valence-corrected chi connectivity index (χ3v) is 7.44. The first-order valence-electron chi connectivity index (χ1n) is 14.6. The number of hydrogen-bond donors (Lipinski definition) is 4. The fourth-order valence-corrected chi connectivity index (χ4v) is 5.36. The number of anilines is 2. The molecule has 4 N–H and O–H groups in total. The number of benzene rings is 2. The number of carboxylic acids is 1. The molecule has 0 aliphatic rings. The highest BCUT2D eigenvalue weighted by Gasteiger charge is 2.23. The van der Waals surface area contributed by atoms with E-state index in [9.17, 15) is 19.5 Å². The molecule has 2 aromatic carbocycles. The molecule has 0 unspecified atom stereocenters. The van der Waals surface area contributed by atoms with Gasteiger partial charge in [0, 0.05) is 61.7 Å². The number of hydrogen-bond acceptors (Lipinski definition) is 6. The van der Waals surface area contributed by atoms with Crippen molar-refractivity contribution in [1.82, 2.24) is 19.8 Å². The van der Waals surface area contributed by atoms with Crippen LogP contribution in [0.25, 0.3) is 22.0 Å². The number of carbonyl (C=O) groups is 2. The van der Waals surface area contributed by atoms with E-state index in [0.717, 1.165) is 16.7 Å². The van der Waals surface area contributed by atoms with Crippen LogP contribution in [0.1, 0.15) is 50.5 Å². The van der Waals surface area contributed by atoms with E-state index in [4.69, 9.17) is 0 Å². The van der Waals surface area contributed by atoms with Gasteiger partial charge in [-0.1, -0.05) is 24.3 Å². The van der Waals surface area contributed by atoms with Crippen molar-refractivity contribution in [3.8, 4) is 11.1 Å². The van der Waals surface area contributed by atoms with Gasteiger partial charge in [-0.05, 0) is 81.6 Å². The number of aromatic nitrogens is 2. The number of urea groups is 1. The van der Waals surface area contributed by atoms with Gasteiger partial charge >= 0.3 is 12.0 Å². The average molecular weight is 585 g/mol. The first-order chi connectivity index (χ1) is 20.6. The zero-order valence-corrected chi connectivity index (χ0v) is 25.3. The molecule has 0 spiro atoms. The number of rotatable bonds is 12. The standard InChI is InChI=1S/C33H40N6O4/c1-6-38-28-18-25(24-9-12-26(13-10-24)37-33(43)36-20-23-8-7-15-34-19-23)11-14-27(28)30(40)29(32(41)42)31(38)35-16-17-39(21(2)3)22(4)5/h7-15,18-19,21-22,35H,6,16-17,20H2,1-5H3,(H,41,42)(H2,36,37,43). The van der Waals surface area contributed by atoms with Gasteiger partial charge in [0.2, 0.25) is 5.43 Å². The summed E-state index contributed by atoms with van der Waals surface area (Å²) in [6.07, 6.45) is 3.38. The van der Waals surface area contributed by atoms with Crippen molar-refractivity contribution in [2.45, 2.75) is 59.8 Å². The molecule has 0 radical (unpaired) electrons. The van der Waals surface area contributed by atoms with Crippen molar-refractivity contribution in [1.29, 1.82) is 0 Å². The molecule has 2 amide bonds. The fraction of sp³-hybridized carbons (Fsp3) is 0.333. The van der Waals surface area contributed by atoms with E-state index < -0.39 is 11.4 Å². The largest absolute Gasteiger partial charge is 0.477 e. The number of nitrogens with one attached hydrogen (secondary N) is 3. The third-order valence-electron chi connectivity index (χ3n) is 7.44.